The van der Waals surface area contributed by atoms with Gasteiger partial charge >= 0.3 is 0 Å². The minimum Gasteiger partial charge on any atom is -0.376 e. The second-order valence-electron chi connectivity index (χ2n) is 6.33. The van der Waals surface area contributed by atoms with Crippen molar-refractivity contribution in [1.29, 1.82) is 0 Å². The van der Waals surface area contributed by atoms with Gasteiger partial charge in [0.15, 0.2) is 5.78 Å². The summed E-state index contributed by atoms with van der Waals surface area (Å²) in [4.78, 5) is 10.9. The second-order valence-corrected chi connectivity index (χ2v) is 6.33. The summed E-state index contributed by atoms with van der Waals surface area (Å²) >= 11 is 0. The molecule has 0 aliphatic heterocycles. The fourth-order valence-corrected chi connectivity index (χ4v) is 2.31. The Hall–Kier alpha value is -0.890. The van der Waals surface area contributed by atoms with Crippen molar-refractivity contribution in [2.24, 2.45) is 5.92 Å². The third kappa shape index (κ3) is 11.0. The molecular weight excluding hydrogens is 248 g/mol. The molecule has 1 atom stereocenters. The highest BCUT2D eigenvalue weighted by Gasteiger charge is 2.17. The van der Waals surface area contributed by atoms with Gasteiger partial charge in [-0.25, -0.2) is 0 Å². The van der Waals surface area contributed by atoms with Crippen molar-refractivity contribution in [1.82, 2.24) is 0 Å². The average Bonchev–Trinajstić information content (AvgIpc) is 2.27. The molecule has 0 saturated heterocycles. The number of hydrogen-bond donors (Lipinski definition) is 0. The van der Waals surface area contributed by atoms with Gasteiger partial charge < -0.3 is 4.74 Å². The highest BCUT2D eigenvalue weighted by molar-refractivity contribution is 5.88. The summed E-state index contributed by atoms with van der Waals surface area (Å²) in [6, 6.07) is 0. The fraction of sp³-hybridized carbons (Fsp3) is 0.722. The molecule has 0 saturated carbocycles. The molecule has 1 unspecified atom stereocenters. The maximum absolute atomic E-state index is 10.9. The van der Waals surface area contributed by atoms with Gasteiger partial charge in [-0.05, 0) is 65.0 Å². The predicted molar refractivity (Wildman–Crippen MR) is 86.9 cm³/mol. The Labute approximate surface area is 125 Å². The van der Waals surface area contributed by atoms with E-state index in [9.17, 15) is 4.79 Å². The third-order valence-corrected chi connectivity index (χ3v) is 3.36. The summed E-state index contributed by atoms with van der Waals surface area (Å²) in [6.07, 6.45) is 10.5. The summed E-state index contributed by atoms with van der Waals surface area (Å²) < 4.78 is 5.71. The van der Waals surface area contributed by atoms with Gasteiger partial charge in [0.25, 0.3) is 0 Å². The smallest absolute Gasteiger partial charge is 0.152 e. The monoisotopic (exact) mass is 280 g/mol. The molecule has 116 valence electrons. The van der Waals surface area contributed by atoms with E-state index in [0.717, 1.165) is 25.0 Å². The van der Waals surface area contributed by atoms with Crippen LogP contribution in [0.15, 0.2) is 23.8 Å². The normalized spacial score (nSPS) is 14.8. The molecule has 0 aromatic heterocycles. The number of hydrogen-bond acceptors (Lipinski definition) is 2. The van der Waals surface area contributed by atoms with Crippen molar-refractivity contribution >= 4 is 5.78 Å². The minimum absolute atomic E-state index is 0.00508. The van der Waals surface area contributed by atoms with E-state index < -0.39 is 0 Å². The van der Waals surface area contributed by atoms with Crippen LogP contribution in [0, 0.1) is 5.92 Å². The van der Waals surface area contributed by atoms with Crippen molar-refractivity contribution in [3.05, 3.63) is 23.8 Å². The van der Waals surface area contributed by atoms with Gasteiger partial charge in [0, 0.05) is 6.61 Å². The third-order valence-electron chi connectivity index (χ3n) is 3.36. The number of carbonyl (C=O) groups excluding carboxylic acids is 1. The Bertz CT molecular complexity index is 337. The van der Waals surface area contributed by atoms with E-state index in [2.05, 4.69) is 26.8 Å². The van der Waals surface area contributed by atoms with E-state index in [0.29, 0.717) is 5.92 Å². The van der Waals surface area contributed by atoms with E-state index >= 15 is 0 Å². The molecule has 0 spiro atoms. The molecular formula is C18H32O2. The molecule has 0 aromatic rings. The minimum atomic E-state index is 0.00508. The van der Waals surface area contributed by atoms with Gasteiger partial charge in [0.1, 0.15) is 0 Å². The van der Waals surface area contributed by atoms with Crippen LogP contribution in [-0.2, 0) is 9.53 Å². The Morgan fingerprint density at radius 1 is 1.30 bits per heavy atom. The topological polar surface area (TPSA) is 26.3 Å². The Balaban J connectivity index is 3.93. The van der Waals surface area contributed by atoms with Crippen LogP contribution in [0.1, 0.15) is 67.2 Å². The Morgan fingerprint density at radius 3 is 2.50 bits per heavy atom. The first-order valence-corrected chi connectivity index (χ1v) is 7.76. The number of rotatable bonds is 10. The summed E-state index contributed by atoms with van der Waals surface area (Å²) in [7, 11) is 0. The number of ether oxygens (including phenoxy) is 1. The van der Waals surface area contributed by atoms with Gasteiger partial charge in [-0.3, -0.25) is 4.79 Å². The summed E-state index contributed by atoms with van der Waals surface area (Å²) in [6.45, 7) is 13.0. The summed E-state index contributed by atoms with van der Waals surface area (Å²) in [5.41, 5.74) is 1.03. The van der Waals surface area contributed by atoms with Crippen LogP contribution in [-0.4, -0.2) is 18.0 Å². The molecule has 0 bridgehead atoms. The van der Waals surface area contributed by atoms with Crippen LogP contribution in [0.4, 0.5) is 0 Å². The fourth-order valence-electron chi connectivity index (χ4n) is 2.31. The molecule has 0 amide bonds. The zero-order valence-electron chi connectivity index (χ0n) is 14.2. The van der Waals surface area contributed by atoms with Crippen molar-refractivity contribution in [2.75, 3.05) is 6.61 Å². The van der Waals surface area contributed by atoms with E-state index in [1.807, 2.05) is 19.9 Å². The first-order valence-electron chi connectivity index (χ1n) is 7.76. The van der Waals surface area contributed by atoms with Gasteiger partial charge in [0.05, 0.1) is 5.60 Å². The molecule has 2 nitrogen and oxygen atoms in total. The molecule has 0 radical (unpaired) electrons. The maximum Gasteiger partial charge on any atom is 0.152 e. The van der Waals surface area contributed by atoms with Crippen LogP contribution < -0.4 is 0 Å². The van der Waals surface area contributed by atoms with Crippen LogP contribution in [0.5, 0.6) is 0 Å². The highest BCUT2D eigenvalue weighted by Crippen LogP contribution is 2.21. The molecule has 0 fully saturated rings. The Kier molecular flexibility index (Phi) is 9.49. The van der Waals surface area contributed by atoms with Crippen molar-refractivity contribution < 1.29 is 9.53 Å². The van der Waals surface area contributed by atoms with E-state index in [4.69, 9.17) is 4.74 Å². The highest BCUT2D eigenvalue weighted by atomic mass is 16.5. The lowest BCUT2D eigenvalue weighted by Crippen LogP contribution is -2.24. The van der Waals surface area contributed by atoms with Crippen LogP contribution in [0.3, 0.4) is 0 Å². The lowest BCUT2D eigenvalue weighted by Gasteiger charge is -2.25. The molecule has 0 aromatic carbocycles. The van der Waals surface area contributed by atoms with Crippen LogP contribution in [0.25, 0.3) is 0 Å². The zero-order chi connectivity index (χ0) is 15.6. The molecule has 2 heteroatoms. The number of allylic oxidation sites excluding steroid dienone is 4. The van der Waals surface area contributed by atoms with Gasteiger partial charge in [-0.2, -0.15) is 0 Å². The Morgan fingerprint density at radius 2 is 1.95 bits per heavy atom. The molecule has 0 aliphatic carbocycles. The molecule has 0 heterocycles. The van der Waals surface area contributed by atoms with Crippen LogP contribution >= 0.6 is 0 Å². The van der Waals surface area contributed by atoms with E-state index in [1.54, 1.807) is 13.0 Å². The number of carbonyl (C=O) groups is 1. The molecule has 0 rings (SSSR count). The van der Waals surface area contributed by atoms with Crippen molar-refractivity contribution in [3.63, 3.8) is 0 Å². The average molecular weight is 280 g/mol. The predicted octanol–water partition coefficient (Wildman–Crippen LogP) is 5.09. The van der Waals surface area contributed by atoms with Gasteiger partial charge in [0.2, 0.25) is 0 Å². The lowest BCUT2D eigenvalue weighted by atomic mass is 9.94. The number of ketones is 1. The quantitative estimate of drug-likeness (QED) is 0.411. The maximum atomic E-state index is 10.9. The SMILES string of the molecule is CCOC(C)(C)CCCC(C)CC=CC(C)=CC(C)=O. The first-order chi connectivity index (χ1) is 9.26. The van der Waals surface area contributed by atoms with Gasteiger partial charge in [-0.15, -0.1) is 0 Å². The van der Waals surface area contributed by atoms with E-state index in [-0.39, 0.29) is 11.4 Å². The van der Waals surface area contributed by atoms with Crippen molar-refractivity contribution in [2.45, 2.75) is 72.8 Å². The van der Waals surface area contributed by atoms with Crippen molar-refractivity contribution in [3.8, 4) is 0 Å². The standard InChI is InChI=1S/C18H32O2/c1-7-20-18(5,6)13-9-12-15(2)10-8-11-16(3)14-17(4)19/h8,11,14-15H,7,9-10,12-13H2,1-6H3. The lowest BCUT2D eigenvalue weighted by molar-refractivity contribution is -0.112. The van der Waals surface area contributed by atoms with Gasteiger partial charge in [-0.1, -0.05) is 31.9 Å². The molecule has 0 N–H and O–H groups in total. The summed E-state index contributed by atoms with van der Waals surface area (Å²) in [5, 5.41) is 0. The molecule has 0 aliphatic rings. The summed E-state index contributed by atoms with van der Waals surface area (Å²) in [5.74, 6) is 0.784. The molecule has 20 heavy (non-hydrogen) atoms. The first kappa shape index (κ1) is 19.1. The second kappa shape index (κ2) is 9.93. The largest absolute Gasteiger partial charge is 0.376 e. The zero-order valence-corrected chi connectivity index (χ0v) is 14.2. The van der Waals surface area contributed by atoms with Crippen LogP contribution in [0.2, 0.25) is 0 Å². The van der Waals surface area contributed by atoms with E-state index in [1.165, 1.54) is 12.8 Å².